The first kappa shape index (κ1) is 14.3. The van der Waals surface area contributed by atoms with Gasteiger partial charge in [0.2, 0.25) is 0 Å². The fourth-order valence-electron chi connectivity index (χ4n) is 1.93. The van der Waals surface area contributed by atoms with Crippen molar-refractivity contribution in [2.75, 3.05) is 12.8 Å². The zero-order valence-corrected chi connectivity index (χ0v) is 12.4. The Balaban J connectivity index is 2.20. The number of hydrogen-bond acceptors (Lipinski definition) is 3. The lowest BCUT2D eigenvalue weighted by molar-refractivity contribution is 0.409. The number of ether oxygens (including phenoxy) is 2. The zero-order chi connectivity index (χ0) is 14.8. The van der Waals surface area contributed by atoms with E-state index in [1.165, 1.54) is 5.56 Å². The highest BCUT2D eigenvalue weighted by Crippen LogP contribution is 2.30. The number of nitrogens with two attached hydrogens (primary N) is 1. The van der Waals surface area contributed by atoms with Crippen molar-refractivity contribution in [2.45, 2.75) is 26.2 Å². The summed E-state index contributed by atoms with van der Waals surface area (Å²) in [7, 11) is 1.61. The summed E-state index contributed by atoms with van der Waals surface area (Å²) in [5.41, 5.74) is 7.84. The lowest BCUT2D eigenvalue weighted by Crippen LogP contribution is -2.10. The Bertz CT molecular complexity index is 583. The second-order valence-corrected chi connectivity index (χ2v) is 5.82. The van der Waals surface area contributed by atoms with Crippen LogP contribution in [0.5, 0.6) is 17.2 Å². The minimum Gasteiger partial charge on any atom is -0.497 e. The van der Waals surface area contributed by atoms with E-state index in [2.05, 4.69) is 32.9 Å². The summed E-state index contributed by atoms with van der Waals surface area (Å²) in [6, 6.07) is 13.5. The molecule has 0 atom stereocenters. The third kappa shape index (κ3) is 3.44. The molecule has 3 heteroatoms. The molecular formula is C17H21NO2. The predicted octanol–water partition coefficient (Wildman–Crippen LogP) is 4.37. The molecule has 20 heavy (non-hydrogen) atoms. The van der Waals surface area contributed by atoms with Crippen LogP contribution in [0, 0.1) is 0 Å². The Morgan fingerprint density at radius 2 is 1.45 bits per heavy atom. The summed E-state index contributed by atoms with van der Waals surface area (Å²) in [6.07, 6.45) is 0. The maximum absolute atomic E-state index is 5.81. The normalized spacial score (nSPS) is 11.2. The maximum atomic E-state index is 5.81. The van der Waals surface area contributed by atoms with Gasteiger partial charge in [-0.15, -0.1) is 0 Å². The third-order valence-corrected chi connectivity index (χ3v) is 3.09. The van der Waals surface area contributed by atoms with Gasteiger partial charge in [-0.3, -0.25) is 0 Å². The average Bonchev–Trinajstić information content (AvgIpc) is 2.37. The van der Waals surface area contributed by atoms with Gasteiger partial charge in [0.25, 0.3) is 0 Å². The molecule has 0 spiro atoms. The van der Waals surface area contributed by atoms with E-state index in [1.54, 1.807) is 19.2 Å². The Hall–Kier alpha value is -2.16. The quantitative estimate of drug-likeness (QED) is 0.843. The van der Waals surface area contributed by atoms with Crippen molar-refractivity contribution in [3.63, 3.8) is 0 Å². The molecule has 2 N–H and O–H groups in total. The van der Waals surface area contributed by atoms with E-state index in [-0.39, 0.29) is 5.41 Å². The van der Waals surface area contributed by atoms with Gasteiger partial charge in [-0.2, -0.15) is 0 Å². The number of methoxy groups -OCH3 is 1. The first-order valence-electron chi connectivity index (χ1n) is 6.61. The SMILES string of the molecule is COc1cc(N)cc(Oc2ccc(C(C)(C)C)cc2)c1. The fraction of sp³-hybridized carbons (Fsp3) is 0.294. The largest absolute Gasteiger partial charge is 0.497 e. The van der Waals surface area contributed by atoms with Gasteiger partial charge in [0.15, 0.2) is 0 Å². The molecule has 2 aromatic rings. The van der Waals surface area contributed by atoms with Gasteiger partial charge in [-0.05, 0) is 23.1 Å². The number of nitrogen functional groups attached to an aromatic ring is 1. The van der Waals surface area contributed by atoms with Crippen molar-refractivity contribution in [2.24, 2.45) is 0 Å². The molecule has 0 aliphatic carbocycles. The van der Waals surface area contributed by atoms with Crippen LogP contribution in [-0.2, 0) is 5.41 Å². The van der Waals surface area contributed by atoms with Crippen LogP contribution in [0.4, 0.5) is 5.69 Å². The highest BCUT2D eigenvalue weighted by molar-refractivity contribution is 5.51. The predicted molar refractivity (Wildman–Crippen MR) is 82.6 cm³/mol. The van der Waals surface area contributed by atoms with E-state index in [1.807, 2.05) is 18.2 Å². The molecule has 3 nitrogen and oxygen atoms in total. The fourth-order valence-corrected chi connectivity index (χ4v) is 1.93. The van der Waals surface area contributed by atoms with Crippen LogP contribution in [0.15, 0.2) is 42.5 Å². The van der Waals surface area contributed by atoms with E-state index in [0.717, 1.165) is 5.75 Å². The number of anilines is 1. The van der Waals surface area contributed by atoms with Gasteiger partial charge < -0.3 is 15.2 Å². The molecule has 0 bridgehead atoms. The number of hydrogen-bond donors (Lipinski definition) is 1. The van der Waals surface area contributed by atoms with Gasteiger partial charge in [-0.25, -0.2) is 0 Å². The lowest BCUT2D eigenvalue weighted by Gasteiger charge is -2.19. The van der Waals surface area contributed by atoms with Crippen LogP contribution >= 0.6 is 0 Å². The van der Waals surface area contributed by atoms with E-state index in [0.29, 0.717) is 17.2 Å². The zero-order valence-electron chi connectivity index (χ0n) is 12.4. The van der Waals surface area contributed by atoms with Gasteiger partial charge in [-0.1, -0.05) is 32.9 Å². The smallest absolute Gasteiger partial charge is 0.133 e. The molecule has 106 valence electrons. The van der Waals surface area contributed by atoms with Gasteiger partial charge >= 0.3 is 0 Å². The van der Waals surface area contributed by atoms with Gasteiger partial charge in [0.1, 0.15) is 17.2 Å². The second-order valence-electron chi connectivity index (χ2n) is 5.82. The molecule has 0 heterocycles. The third-order valence-electron chi connectivity index (χ3n) is 3.09. The summed E-state index contributed by atoms with van der Waals surface area (Å²) in [5, 5.41) is 0. The molecule has 0 amide bonds. The van der Waals surface area contributed by atoms with Crippen LogP contribution < -0.4 is 15.2 Å². The molecule has 0 fully saturated rings. The molecular weight excluding hydrogens is 250 g/mol. The van der Waals surface area contributed by atoms with Crippen LogP contribution in [0.3, 0.4) is 0 Å². The first-order chi connectivity index (χ1) is 9.38. The molecule has 0 saturated heterocycles. The summed E-state index contributed by atoms with van der Waals surface area (Å²) >= 11 is 0. The van der Waals surface area contributed by atoms with Gasteiger partial charge in [0.05, 0.1) is 7.11 Å². The highest BCUT2D eigenvalue weighted by Gasteiger charge is 2.13. The summed E-state index contributed by atoms with van der Waals surface area (Å²) in [4.78, 5) is 0. The standard InChI is InChI=1S/C17H21NO2/c1-17(2,3)12-5-7-14(8-6-12)20-16-10-13(18)9-15(11-16)19-4/h5-11H,18H2,1-4H3. The molecule has 0 aromatic heterocycles. The Kier molecular flexibility index (Phi) is 3.89. The van der Waals surface area contributed by atoms with Crippen molar-refractivity contribution in [3.05, 3.63) is 48.0 Å². The van der Waals surface area contributed by atoms with Crippen molar-refractivity contribution in [1.82, 2.24) is 0 Å². The molecule has 0 unspecified atom stereocenters. The van der Waals surface area contributed by atoms with E-state index >= 15 is 0 Å². The summed E-state index contributed by atoms with van der Waals surface area (Å²) in [6.45, 7) is 6.56. The van der Waals surface area contributed by atoms with E-state index in [9.17, 15) is 0 Å². The molecule has 0 aliphatic rings. The molecule has 0 saturated carbocycles. The summed E-state index contributed by atoms with van der Waals surface area (Å²) < 4.78 is 11.0. The maximum Gasteiger partial charge on any atom is 0.133 e. The van der Waals surface area contributed by atoms with Crippen LogP contribution in [0.25, 0.3) is 0 Å². The minimum absolute atomic E-state index is 0.138. The highest BCUT2D eigenvalue weighted by atomic mass is 16.5. The average molecular weight is 271 g/mol. The Morgan fingerprint density at radius 3 is 2.00 bits per heavy atom. The molecule has 2 aromatic carbocycles. The van der Waals surface area contributed by atoms with Gasteiger partial charge in [0, 0.05) is 23.9 Å². The van der Waals surface area contributed by atoms with Crippen LogP contribution in [0.1, 0.15) is 26.3 Å². The van der Waals surface area contributed by atoms with Crippen molar-refractivity contribution in [1.29, 1.82) is 0 Å². The number of rotatable bonds is 3. The monoisotopic (exact) mass is 271 g/mol. The van der Waals surface area contributed by atoms with Crippen molar-refractivity contribution >= 4 is 5.69 Å². The number of benzene rings is 2. The molecule has 2 rings (SSSR count). The van der Waals surface area contributed by atoms with Crippen LogP contribution in [0.2, 0.25) is 0 Å². The first-order valence-corrected chi connectivity index (χ1v) is 6.61. The topological polar surface area (TPSA) is 44.5 Å². The molecule has 0 radical (unpaired) electrons. The van der Waals surface area contributed by atoms with E-state index < -0.39 is 0 Å². The van der Waals surface area contributed by atoms with Crippen molar-refractivity contribution in [3.8, 4) is 17.2 Å². The summed E-state index contributed by atoms with van der Waals surface area (Å²) in [5.74, 6) is 2.14. The van der Waals surface area contributed by atoms with E-state index in [4.69, 9.17) is 15.2 Å². The Labute approximate surface area is 120 Å². The van der Waals surface area contributed by atoms with Crippen molar-refractivity contribution < 1.29 is 9.47 Å². The molecule has 0 aliphatic heterocycles. The Morgan fingerprint density at radius 1 is 0.850 bits per heavy atom. The second kappa shape index (κ2) is 5.45. The lowest BCUT2D eigenvalue weighted by atomic mass is 9.87. The minimum atomic E-state index is 0.138. The van der Waals surface area contributed by atoms with Crippen LogP contribution in [-0.4, -0.2) is 7.11 Å².